The minimum Gasteiger partial charge on any atom is -0.493 e. The van der Waals surface area contributed by atoms with Crippen LogP contribution in [0.4, 0.5) is 5.69 Å². The van der Waals surface area contributed by atoms with Crippen LogP contribution in [-0.2, 0) is 25.6 Å². The molecule has 1 atom stereocenters. The fourth-order valence-electron chi connectivity index (χ4n) is 3.79. The molecule has 0 unspecified atom stereocenters. The fraction of sp³-hybridized carbons (Fsp3) is 0.400. The summed E-state index contributed by atoms with van der Waals surface area (Å²) in [6.07, 6.45) is 1.66. The lowest BCUT2D eigenvalue weighted by molar-refractivity contribution is 0.00219. The SMILES string of the molecule is O=S(=O)(NC[C@@]1(O)CCOc2ccccc21)c1ccc(N2CCCCS2(=O)=O)cc1. The summed E-state index contributed by atoms with van der Waals surface area (Å²) in [7, 11) is -7.26. The van der Waals surface area contributed by atoms with Gasteiger partial charge < -0.3 is 9.84 Å². The predicted molar refractivity (Wildman–Crippen MR) is 112 cm³/mol. The van der Waals surface area contributed by atoms with E-state index >= 15 is 0 Å². The van der Waals surface area contributed by atoms with E-state index in [1.165, 1.54) is 28.6 Å². The van der Waals surface area contributed by atoms with Gasteiger partial charge in [0.25, 0.3) is 0 Å². The molecule has 0 aromatic heterocycles. The molecule has 2 aromatic rings. The molecule has 1 saturated heterocycles. The molecule has 0 bridgehead atoms. The van der Waals surface area contributed by atoms with E-state index < -0.39 is 25.6 Å². The van der Waals surface area contributed by atoms with Gasteiger partial charge in [0.15, 0.2) is 0 Å². The summed E-state index contributed by atoms with van der Waals surface area (Å²) in [5.41, 5.74) is -0.376. The molecule has 1 fully saturated rings. The highest BCUT2D eigenvalue weighted by Crippen LogP contribution is 2.36. The van der Waals surface area contributed by atoms with Gasteiger partial charge >= 0.3 is 0 Å². The standard InChI is InChI=1S/C20H24N2O6S2/c23-20(11-13-28-19-6-2-1-5-18(19)20)15-21-30(26,27)17-9-7-16(8-10-17)22-12-3-4-14-29(22,24)25/h1-2,5-10,21,23H,3-4,11-15H2/t20-/m0/s1. The van der Waals surface area contributed by atoms with Gasteiger partial charge in [0.2, 0.25) is 20.0 Å². The van der Waals surface area contributed by atoms with Gasteiger partial charge in [0.1, 0.15) is 11.4 Å². The zero-order chi connectivity index (χ0) is 21.4. The molecule has 0 radical (unpaired) electrons. The molecule has 2 aliphatic heterocycles. The number of fused-ring (bicyclic) bond motifs is 1. The maximum absolute atomic E-state index is 12.8. The minimum atomic E-state index is -3.90. The topological polar surface area (TPSA) is 113 Å². The zero-order valence-electron chi connectivity index (χ0n) is 16.3. The van der Waals surface area contributed by atoms with Gasteiger partial charge in [-0.2, -0.15) is 0 Å². The van der Waals surface area contributed by atoms with Crippen molar-refractivity contribution in [3.8, 4) is 5.75 Å². The van der Waals surface area contributed by atoms with E-state index in [1.54, 1.807) is 24.3 Å². The minimum absolute atomic E-state index is 0.00426. The van der Waals surface area contributed by atoms with E-state index in [0.29, 0.717) is 30.0 Å². The summed E-state index contributed by atoms with van der Waals surface area (Å²) in [6.45, 7) is 0.480. The van der Waals surface area contributed by atoms with Crippen LogP contribution >= 0.6 is 0 Å². The molecule has 10 heteroatoms. The lowest BCUT2D eigenvalue weighted by Gasteiger charge is -2.34. The summed E-state index contributed by atoms with van der Waals surface area (Å²) in [5, 5.41) is 11.0. The first kappa shape index (κ1) is 21.1. The molecule has 2 N–H and O–H groups in total. The lowest BCUT2D eigenvalue weighted by atomic mass is 9.88. The molecule has 0 saturated carbocycles. The van der Waals surface area contributed by atoms with Crippen LogP contribution in [0.15, 0.2) is 53.4 Å². The molecule has 162 valence electrons. The number of sulfonamides is 2. The summed E-state index contributed by atoms with van der Waals surface area (Å²) in [4.78, 5) is 0.00426. The summed E-state index contributed by atoms with van der Waals surface area (Å²) in [5.74, 6) is 0.635. The number of nitrogens with zero attached hydrogens (tertiary/aromatic N) is 1. The van der Waals surface area contributed by atoms with Crippen LogP contribution in [0.5, 0.6) is 5.75 Å². The fourth-order valence-corrected chi connectivity index (χ4v) is 6.52. The number of rotatable bonds is 5. The molecule has 2 aliphatic rings. The molecule has 30 heavy (non-hydrogen) atoms. The third kappa shape index (κ3) is 4.04. The number of benzene rings is 2. The van der Waals surface area contributed by atoms with E-state index in [4.69, 9.17) is 4.74 Å². The van der Waals surface area contributed by atoms with Gasteiger partial charge in [-0.05, 0) is 43.2 Å². The summed E-state index contributed by atoms with van der Waals surface area (Å²) in [6, 6.07) is 12.8. The number of anilines is 1. The lowest BCUT2D eigenvalue weighted by Crippen LogP contribution is -2.43. The van der Waals surface area contributed by atoms with E-state index in [1.807, 2.05) is 0 Å². The van der Waals surface area contributed by atoms with Gasteiger partial charge in [-0.1, -0.05) is 18.2 Å². The Labute approximate surface area is 176 Å². The predicted octanol–water partition coefficient (Wildman–Crippen LogP) is 1.57. The van der Waals surface area contributed by atoms with Crippen LogP contribution in [0.1, 0.15) is 24.8 Å². The molecule has 2 aromatic carbocycles. The molecular formula is C20H24N2O6S2. The molecular weight excluding hydrogens is 428 g/mol. The Morgan fingerprint density at radius 1 is 1.10 bits per heavy atom. The molecule has 2 heterocycles. The second kappa shape index (κ2) is 7.84. The van der Waals surface area contributed by atoms with Gasteiger partial charge in [-0.25, -0.2) is 21.6 Å². The first-order valence-electron chi connectivity index (χ1n) is 9.76. The maximum Gasteiger partial charge on any atom is 0.240 e. The Balaban J connectivity index is 1.51. The number of hydrogen-bond acceptors (Lipinski definition) is 6. The average Bonchev–Trinajstić information content (AvgIpc) is 2.73. The number of aliphatic hydroxyl groups is 1. The average molecular weight is 453 g/mol. The Kier molecular flexibility index (Phi) is 5.52. The first-order chi connectivity index (χ1) is 14.2. The Morgan fingerprint density at radius 3 is 2.57 bits per heavy atom. The number of ether oxygens (including phenoxy) is 1. The number of hydrogen-bond donors (Lipinski definition) is 2. The van der Waals surface area contributed by atoms with Crippen molar-refractivity contribution in [3.05, 3.63) is 54.1 Å². The Hall–Kier alpha value is -2.14. The second-order valence-corrected chi connectivity index (χ2v) is 11.3. The third-order valence-corrected chi connectivity index (χ3v) is 8.79. The molecule has 0 amide bonds. The first-order valence-corrected chi connectivity index (χ1v) is 12.9. The third-order valence-electron chi connectivity index (χ3n) is 5.50. The van der Waals surface area contributed by atoms with Crippen LogP contribution in [0.2, 0.25) is 0 Å². The van der Waals surface area contributed by atoms with Gasteiger partial charge in [-0.3, -0.25) is 4.31 Å². The molecule has 0 aliphatic carbocycles. The van der Waals surface area contributed by atoms with Crippen molar-refractivity contribution in [3.63, 3.8) is 0 Å². The number of nitrogens with one attached hydrogen (secondary N) is 1. The Morgan fingerprint density at radius 2 is 1.83 bits per heavy atom. The van der Waals surface area contributed by atoms with Gasteiger partial charge in [0, 0.05) is 25.1 Å². The van der Waals surface area contributed by atoms with Gasteiger partial charge in [0.05, 0.1) is 22.9 Å². The van der Waals surface area contributed by atoms with Crippen LogP contribution < -0.4 is 13.8 Å². The Bertz CT molecular complexity index is 1130. The van der Waals surface area contributed by atoms with Crippen LogP contribution in [-0.4, -0.2) is 47.4 Å². The van der Waals surface area contributed by atoms with Crippen molar-refractivity contribution in [1.82, 2.24) is 4.72 Å². The van der Waals surface area contributed by atoms with E-state index in [-0.39, 0.29) is 30.2 Å². The van der Waals surface area contributed by atoms with Crippen molar-refractivity contribution >= 4 is 25.7 Å². The highest BCUT2D eigenvalue weighted by molar-refractivity contribution is 7.92. The monoisotopic (exact) mass is 452 g/mol. The van der Waals surface area contributed by atoms with Crippen molar-refractivity contribution < 1.29 is 26.7 Å². The second-order valence-electron chi connectivity index (χ2n) is 7.54. The van der Waals surface area contributed by atoms with E-state index in [9.17, 15) is 21.9 Å². The van der Waals surface area contributed by atoms with E-state index in [2.05, 4.69) is 4.72 Å². The molecule has 0 spiro atoms. The highest BCUT2D eigenvalue weighted by atomic mass is 32.2. The van der Waals surface area contributed by atoms with Crippen molar-refractivity contribution in [1.29, 1.82) is 0 Å². The normalized spacial score (nSPS) is 23.4. The van der Waals surface area contributed by atoms with Gasteiger partial charge in [-0.15, -0.1) is 0 Å². The smallest absolute Gasteiger partial charge is 0.240 e. The summed E-state index contributed by atoms with van der Waals surface area (Å²) < 4.78 is 59.3. The van der Waals surface area contributed by atoms with Crippen molar-refractivity contribution in [2.75, 3.05) is 29.8 Å². The summed E-state index contributed by atoms with van der Waals surface area (Å²) >= 11 is 0. The number of para-hydroxylation sites is 1. The molecule has 8 nitrogen and oxygen atoms in total. The van der Waals surface area contributed by atoms with E-state index in [0.717, 1.165) is 6.42 Å². The van der Waals surface area contributed by atoms with Crippen LogP contribution in [0.25, 0.3) is 0 Å². The molecule has 4 rings (SSSR count). The maximum atomic E-state index is 12.8. The van der Waals surface area contributed by atoms with Crippen molar-refractivity contribution in [2.45, 2.75) is 29.8 Å². The highest BCUT2D eigenvalue weighted by Gasteiger charge is 2.36. The zero-order valence-corrected chi connectivity index (χ0v) is 18.0. The van der Waals surface area contributed by atoms with Crippen LogP contribution in [0.3, 0.4) is 0 Å². The van der Waals surface area contributed by atoms with Crippen molar-refractivity contribution in [2.24, 2.45) is 0 Å². The van der Waals surface area contributed by atoms with Crippen LogP contribution in [0, 0.1) is 0 Å². The quantitative estimate of drug-likeness (QED) is 0.712. The largest absolute Gasteiger partial charge is 0.493 e.